The molecule has 0 bridgehead atoms. The first kappa shape index (κ1) is 20.5. The Hall–Kier alpha value is -2.81. The summed E-state index contributed by atoms with van der Waals surface area (Å²) in [5.74, 6) is 0.234. The van der Waals surface area contributed by atoms with Crippen LogP contribution in [-0.2, 0) is 9.59 Å². The normalized spacial score (nSPS) is 16.8. The van der Waals surface area contributed by atoms with Crippen LogP contribution in [0, 0.1) is 0 Å². The summed E-state index contributed by atoms with van der Waals surface area (Å²) >= 11 is 17.2. The number of carbonyl (C=O) groups is 2. The molecule has 0 aliphatic carbocycles. The summed E-state index contributed by atoms with van der Waals surface area (Å²) in [6.45, 7) is 2.29. The summed E-state index contributed by atoms with van der Waals surface area (Å²) < 4.78 is 16.4. The van der Waals surface area contributed by atoms with E-state index in [1.807, 2.05) is 6.92 Å². The molecule has 30 heavy (non-hydrogen) atoms. The van der Waals surface area contributed by atoms with Gasteiger partial charge in [0.15, 0.2) is 16.6 Å². The Labute approximate surface area is 187 Å². The summed E-state index contributed by atoms with van der Waals surface area (Å²) in [6, 6.07) is 7.93. The lowest BCUT2D eigenvalue weighted by atomic mass is 10.1. The molecule has 2 aliphatic heterocycles. The fourth-order valence-corrected chi connectivity index (χ4v) is 3.58. The number of hydrogen-bond donors (Lipinski definition) is 1. The van der Waals surface area contributed by atoms with Crippen molar-refractivity contribution in [3.63, 3.8) is 0 Å². The molecule has 2 amide bonds. The number of ether oxygens (including phenoxy) is 3. The highest BCUT2D eigenvalue weighted by atomic mass is 35.5. The largest absolute Gasteiger partial charge is 0.493 e. The van der Waals surface area contributed by atoms with Crippen molar-refractivity contribution in [2.45, 2.75) is 6.92 Å². The first-order chi connectivity index (χ1) is 14.4. The second-order valence-corrected chi connectivity index (χ2v) is 7.43. The third-order valence-electron chi connectivity index (χ3n) is 4.37. The number of thiocarbonyl (C=S) groups is 1. The molecule has 7 nitrogen and oxygen atoms in total. The summed E-state index contributed by atoms with van der Waals surface area (Å²) in [5, 5.41) is 3.05. The van der Waals surface area contributed by atoms with Gasteiger partial charge in [-0.3, -0.25) is 19.8 Å². The van der Waals surface area contributed by atoms with Gasteiger partial charge in [-0.15, -0.1) is 0 Å². The van der Waals surface area contributed by atoms with Gasteiger partial charge in [-0.25, -0.2) is 0 Å². The van der Waals surface area contributed by atoms with Crippen molar-refractivity contribution in [2.24, 2.45) is 0 Å². The number of rotatable bonds is 4. The zero-order chi connectivity index (χ0) is 21.4. The maximum absolute atomic E-state index is 13.2. The minimum Gasteiger partial charge on any atom is -0.493 e. The zero-order valence-electron chi connectivity index (χ0n) is 15.5. The molecule has 154 valence electrons. The Bertz CT molecular complexity index is 1120. The molecule has 2 aromatic carbocycles. The molecule has 0 spiro atoms. The Balaban J connectivity index is 1.77. The summed E-state index contributed by atoms with van der Waals surface area (Å²) in [7, 11) is 0. The van der Waals surface area contributed by atoms with Crippen molar-refractivity contribution in [2.75, 3.05) is 18.3 Å². The van der Waals surface area contributed by atoms with E-state index in [1.54, 1.807) is 24.3 Å². The lowest BCUT2D eigenvalue weighted by Crippen LogP contribution is -2.54. The number of carbonyl (C=O) groups excluding carboxylic acids is 2. The van der Waals surface area contributed by atoms with Gasteiger partial charge < -0.3 is 14.2 Å². The van der Waals surface area contributed by atoms with Crippen molar-refractivity contribution < 1.29 is 23.8 Å². The number of halogens is 2. The average Bonchev–Trinajstić information content (AvgIpc) is 3.15. The second kappa shape index (κ2) is 8.14. The van der Waals surface area contributed by atoms with Gasteiger partial charge in [-0.1, -0.05) is 23.2 Å². The number of anilines is 1. The first-order valence-electron chi connectivity index (χ1n) is 8.82. The molecule has 0 saturated carbocycles. The Morgan fingerprint density at radius 2 is 1.90 bits per heavy atom. The van der Waals surface area contributed by atoms with Gasteiger partial charge in [-0.05, 0) is 49.5 Å². The predicted octanol–water partition coefficient (Wildman–Crippen LogP) is 3.95. The number of fused-ring (bicyclic) bond motifs is 1. The molecular weight excluding hydrogens is 451 g/mol. The maximum Gasteiger partial charge on any atom is 0.270 e. The van der Waals surface area contributed by atoms with Gasteiger partial charge in [0.25, 0.3) is 11.8 Å². The van der Waals surface area contributed by atoms with Gasteiger partial charge in [0.05, 0.1) is 22.3 Å². The Morgan fingerprint density at radius 3 is 2.60 bits per heavy atom. The molecule has 0 atom stereocenters. The quantitative estimate of drug-likeness (QED) is 0.419. The van der Waals surface area contributed by atoms with E-state index in [9.17, 15) is 9.59 Å². The highest BCUT2D eigenvalue weighted by Gasteiger charge is 2.35. The third kappa shape index (κ3) is 3.69. The molecular formula is C20H14Cl2N2O5S. The number of nitrogens with one attached hydrogen (secondary N) is 1. The Morgan fingerprint density at radius 1 is 1.17 bits per heavy atom. The van der Waals surface area contributed by atoms with E-state index in [4.69, 9.17) is 49.6 Å². The minimum absolute atomic E-state index is 0.0590. The van der Waals surface area contributed by atoms with E-state index in [-0.39, 0.29) is 22.5 Å². The van der Waals surface area contributed by atoms with Crippen LogP contribution in [0.2, 0.25) is 10.0 Å². The van der Waals surface area contributed by atoms with Crippen LogP contribution in [0.5, 0.6) is 17.2 Å². The molecule has 0 aromatic heterocycles. The van der Waals surface area contributed by atoms with E-state index >= 15 is 0 Å². The monoisotopic (exact) mass is 464 g/mol. The SMILES string of the molecule is CCOc1cc2c(cc1/C=C1/C(=O)NC(=S)N(c3ccc(Cl)c(Cl)c3)C1=O)OCO2. The van der Waals surface area contributed by atoms with Crippen molar-refractivity contribution in [3.05, 3.63) is 51.5 Å². The molecule has 0 radical (unpaired) electrons. The molecule has 2 aliphatic rings. The topological polar surface area (TPSA) is 77.1 Å². The van der Waals surface area contributed by atoms with Gasteiger partial charge in [0.1, 0.15) is 11.3 Å². The van der Waals surface area contributed by atoms with Gasteiger partial charge in [0.2, 0.25) is 6.79 Å². The van der Waals surface area contributed by atoms with Crippen LogP contribution in [0.1, 0.15) is 12.5 Å². The molecule has 2 heterocycles. The van der Waals surface area contributed by atoms with E-state index < -0.39 is 11.8 Å². The summed E-state index contributed by atoms with van der Waals surface area (Å²) in [6.07, 6.45) is 1.43. The molecule has 10 heteroatoms. The van der Waals surface area contributed by atoms with Crippen LogP contribution in [0.15, 0.2) is 35.9 Å². The van der Waals surface area contributed by atoms with E-state index in [0.717, 1.165) is 0 Å². The lowest BCUT2D eigenvalue weighted by Gasteiger charge is -2.29. The fourth-order valence-electron chi connectivity index (χ4n) is 3.00. The lowest BCUT2D eigenvalue weighted by molar-refractivity contribution is -0.122. The molecule has 0 unspecified atom stereocenters. The number of benzene rings is 2. The van der Waals surface area contributed by atoms with Crippen LogP contribution >= 0.6 is 35.4 Å². The standard InChI is InChI=1S/C20H14Cl2N2O5S/c1-2-27-15-8-17-16(28-9-29-17)6-10(15)5-12-18(25)23-20(30)24(19(12)26)11-3-4-13(21)14(22)7-11/h3-8H,2,9H2,1H3,(H,23,25,30)/b12-5-. The van der Waals surface area contributed by atoms with E-state index in [0.29, 0.717) is 40.1 Å². The molecule has 1 fully saturated rings. The van der Waals surface area contributed by atoms with Gasteiger partial charge in [0, 0.05) is 11.6 Å². The fraction of sp³-hybridized carbons (Fsp3) is 0.150. The summed E-state index contributed by atoms with van der Waals surface area (Å²) in [4.78, 5) is 26.9. The van der Waals surface area contributed by atoms with Crippen molar-refractivity contribution in [3.8, 4) is 17.2 Å². The summed E-state index contributed by atoms with van der Waals surface area (Å²) in [5.41, 5.74) is 0.733. The van der Waals surface area contributed by atoms with Gasteiger partial charge >= 0.3 is 0 Å². The number of nitrogens with zero attached hydrogens (tertiary/aromatic N) is 1. The van der Waals surface area contributed by atoms with Crippen LogP contribution in [0.4, 0.5) is 5.69 Å². The second-order valence-electron chi connectivity index (χ2n) is 6.23. The van der Waals surface area contributed by atoms with Crippen LogP contribution in [0.3, 0.4) is 0 Å². The average molecular weight is 465 g/mol. The Kier molecular flexibility index (Phi) is 5.55. The smallest absolute Gasteiger partial charge is 0.270 e. The molecule has 4 rings (SSSR count). The van der Waals surface area contributed by atoms with Crippen LogP contribution in [-0.4, -0.2) is 30.3 Å². The van der Waals surface area contributed by atoms with Gasteiger partial charge in [-0.2, -0.15) is 0 Å². The maximum atomic E-state index is 13.2. The van der Waals surface area contributed by atoms with Crippen molar-refractivity contribution in [1.29, 1.82) is 0 Å². The highest BCUT2D eigenvalue weighted by Crippen LogP contribution is 2.39. The molecule has 1 N–H and O–H groups in total. The van der Waals surface area contributed by atoms with Crippen LogP contribution in [0.25, 0.3) is 6.08 Å². The number of hydrogen-bond acceptors (Lipinski definition) is 6. The first-order valence-corrected chi connectivity index (χ1v) is 9.98. The van der Waals surface area contributed by atoms with E-state index in [2.05, 4.69) is 5.32 Å². The highest BCUT2D eigenvalue weighted by molar-refractivity contribution is 7.80. The molecule has 2 aromatic rings. The van der Waals surface area contributed by atoms with Crippen molar-refractivity contribution >= 4 is 64.1 Å². The van der Waals surface area contributed by atoms with Crippen molar-refractivity contribution in [1.82, 2.24) is 5.32 Å². The number of amides is 2. The zero-order valence-corrected chi connectivity index (χ0v) is 17.9. The van der Waals surface area contributed by atoms with Crippen LogP contribution < -0.4 is 24.4 Å². The van der Waals surface area contributed by atoms with E-state index in [1.165, 1.54) is 17.0 Å². The predicted molar refractivity (Wildman–Crippen MR) is 116 cm³/mol. The third-order valence-corrected chi connectivity index (χ3v) is 5.39. The molecule has 1 saturated heterocycles. The minimum atomic E-state index is -0.624.